The molecule has 0 radical (unpaired) electrons. The van der Waals surface area contributed by atoms with Crippen molar-refractivity contribution >= 4 is 47.4 Å². The molecule has 3 rings (SSSR count). The number of nitrogens with zero attached hydrogens (tertiary/aromatic N) is 4. The van der Waals surface area contributed by atoms with Crippen LogP contribution in [0.3, 0.4) is 0 Å². The van der Waals surface area contributed by atoms with E-state index in [2.05, 4.69) is 48.3 Å². The average Bonchev–Trinajstić information content (AvgIpc) is 3.29. The Balaban J connectivity index is 0.00000341. The zero-order valence-corrected chi connectivity index (χ0v) is 21.3. The van der Waals surface area contributed by atoms with Crippen LogP contribution in [0.15, 0.2) is 52.1 Å². The fraction of sp³-hybridized carbons (Fsp3) is 0.455. The number of amides is 1. The quantitative estimate of drug-likeness (QED) is 0.333. The molecule has 2 heterocycles. The predicted molar refractivity (Wildman–Crippen MR) is 135 cm³/mol. The van der Waals surface area contributed by atoms with Gasteiger partial charge in [-0.1, -0.05) is 23.7 Å². The number of benzene rings is 1. The van der Waals surface area contributed by atoms with Crippen LogP contribution in [0.5, 0.6) is 0 Å². The Morgan fingerprint density at radius 3 is 2.35 bits per heavy atom. The zero-order chi connectivity index (χ0) is 21.5. The molecule has 1 amide bonds. The van der Waals surface area contributed by atoms with Crippen molar-refractivity contribution in [2.24, 2.45) is 4.99 Å². The molecule has 1 fully saturated rings. The van der Waals surface area contributed by atoms with Crippen molar-refractivity contribution in [3.63, 3.8) is 0 Å². The minimum absolute atomic E-state index is 0. The normalized spacial score (nSPS) is 15.6. The first-order valence-corrected chi connectivity index (χ1v) is 10.6. The van der Waals surface area contributed by atoms with Gasteiger partial charge in [0, 0.05) is 37.7 Å². The number of carbonyl (C=O) groups excluding carboxylic acids is 1. The second kappa shape index (κ2) is 12.3. The first kappa shape index (κ1) is 25.5. The molecule has 170 valence electrons. The van der Waals surface area contributed by atoms with Gasteiger partial charge in [-0.15, -0.1) is 24.0 Å². The summed E-state index contributed by atoms with van der Waals surface area (Å²) in [5, 5.41) is 4.12. The van der Waals surface area contributed by atoms with Crippen LogP contribution < -0.4 is 5.32 Å². The smallest absolute Gasteiger partial charge is 0.289 e. The lowest BCUT2D eigenvalue weighted by atomic mass is 10.1. The lowest BCUT2D eigenvalue weighted by Gasteiger charge is -2.36. The van der Waals surface area contributed by atoms with E-state index in [1.165, 1.54) is 11.8 Å². The van der Waals surface area contributed by atoms with Crippen LogP contribution in [0.25, 0.3) is 0 Å². The summed E-state index contributed by atoms with van der Waals surface area (Å²) >= 11 is 6.04. The van der Waals surface area contributed by atoms with Gasteiger partial charge in [0.05, 0.1) is 18.8 Å². The molecule has 1 aromatic heterocycles. The van der Waals surface area contributed by atoms with Crippen LogP contribution in [0, 0.1) is 0 Å². The SMILES string of the molecule is CCNC(=NCC(c1ccc(Cl)cc1)N(C)C)N1CCN(C(=O)c2ccco2)CC1.I. The Morgan fingerprint density at radius 2 is 1.81 bits per heavy atom. The minimum atomic E-state index is -0.0583. The maximum Gasteiger partial charge on any atom is 0.289 e. The third kappa shape index (κ3) is 6.85. The molecule has 2 aromatic rings. The molecular formula is C22H31ClIN5O2. The summed E-state index contributed by atoms with van der Waals surface area (Å²) < 4.78 is 5.24. The van der Waals surface area contributed by atoms with E-state index in [-0.39, 0.29) is 35.9 Å². The number of furan rings is 1. The third-order valence-corrected chi connectivity index (χ3v) is 5.48. The van der Waals surface area contributed by atoms with E-state index < -0.39 is 0 Å². The van der Waals surface area contributed by atoms with E-state index in [4.69, 9.17) is 21.0 Å². The Bertz CT molecular complexity index is 834. The summed E-state index contributed by atoms with van der Waals surface area (Å²) in [6, 6.07) is 11.5. The van der Waals surface area contributed by atoms with Crippen LogP contribution in [0.1, 0.15) is 29.1 Å². The summed E-state index contributed by atoms with van der Waals surface area (Å²) in [5.74, 6) is 1.21. The highest BCUT2D eigenvalue weighted by Gasteiger charge is 2.25. The first-order chi connectivity index (χ1) is 14.5. The Kier molecular flexibility index (Phi) is 10.1. The highest BCUT2D eigenvalue weighted by atomic mass is 127. The van der Waals surface area contributed by atoms with Gasteiger partial charge < -0.3 is 24.4 Å². The van der Waals surface area contributed by atoms with E-state index in [1.54, 1.807) is 12.1 Å². The van der Waals surface area contributed by atoms with Gasteiger partial charge in [0.1, 0.15) is 0 Å². The van der Waals surface area contributed by atoms with Crippen LogP contribution in [-0.2, 0) is 0 Å². The molecule has 1 N–H and O–H groups in total. The van der Waals surface area contributed by atoms with Crippen molar-refractivity contribution in [3.05, 3.63) is 59.0 Å². The maximum atomic E-state index is 12.5. The zero-order valence-electron chi connectivity index (χ0n) is 18.3. The van der Waals surface area contributed by atoms with Crippen molar-refractivity contribution in [2.75, 3.05) is 53.4 Å². The minimum Gasteiger partial charge on any atom is -0.459 e. The van der Waals surface area contributed by atoms with Gasteiger partial charge in [0.15, 0.2) is 11.7 Å². The van der Waals surface area contributed by atoms with E-state index in [0.29, 0.717) is 25.4 Å². The third-order valence-electron chi connectivity index (χ3n) is 5.23. The molecule has 1 saturated heterocycles. The second-order valence-electron chi connectivity index (χ2n) is 7.48. The lowest BCUT2D eigenvalue weighted by Crippen LogP contribution is -2.53. The standard InChI is InChI=1S/C22H30ClN5O2.HI/c1-4-24-22(25-16-19(26(2)3)17-7-9-18(23)10-8-17)28-13-11-27(12-14-28)21(29)20-6-5-15-30-20;/h5-10,15,19H,4,11-14,16H2,1-3H3,(H,24,25);1H. The molecule has 1 aliphatic rings. The van der Waals surface area contributed by atoms with Gasteiger partial charge in [0.25, 0.3) is 5.91 Å². The highest BCUT2D eigenvalue weighted by molar-refractivity contribution is 14.0. The summed E-state index contributed by atoms with van der Waals surface area (Å²) in [4.78, 5) is 23.6. The largest absolute Gasteiger partial charge is 0.459 e. The molecule has 1 atom stereocenters. The number of aliphatic imine (C=N–C) groups is 1. The summed E-state index contributed by atoms with van der Waals surface area (Å²) in [6.45, 7) is 6.21. The molecule has 7 nitrogen and oxygen atoms in total. The van der Waals surface area contributed by atoms with Gasteiger partial charge in [-0.3, -0.25) is 9.79 Å². The van der Waals surface area contributed by atoms with Crippen molar-refractivity contribution in [2.45, 2.75) is 13.0 Å². The van der Waals surface area contributed by atoms with E-state index in [0.717, 1.165) is 30.6 Å². The van der Waals surface area contributed by atoms with E-state index >= 15 is 0 Å². The molecule has 0 aliphatic carbocycles. The number of halogens is 2. The van der Waals surface area contributed by atoms with Gasteiger partial charge >= 0.3 is 0 Å². The number of likely N-dealkylation sites (N-methyl/N-ethyl adjacent to an activating group) is 1. The molecule has 1 aromatic carbocycles. The fourth-order valence-corrected chi connectivity index (χ4v) is 3.65. The van der Waals surface area contributed by atoms with E-state index in [1.807, 2.05) is 17.0 Å². The molecule has 31 heavy (non-hydrogen) atoms. The summed E-state index contributed by atoms with van der Waals surface area (Å²) in [7, 11) is 4.11. The van der Waals surface area contributed by atoms with Crippen LogP contribution in [0.4, 0.5) is 0 Å². The monoisotopic (exact) mass is 559 g/mol. The van der Waals surface area contributed by atoms with Gasteiger partial charge in [-0.05, 0) is 50.8 Å². The second-order valence-corrected chi connectivity index (χ2v) is 7.92. The Hall–Kier alpha value is -1.78. The van der Waals surface area contributed by atoms with Gasteiger partial charge in [0.2, 0.25) is 0 Å². The van der Waals surface area contributed by atoms with Crippen LogP contribution >= 0.6 is 35.6 Å². The fourth-order valence-electron chi connectivity index (χ4n) is 3.53. The van der Waals surface area contributed by atoms with Gasteiger partial charge in [-0.25, -0.2) is 0 Å². The predicted octanol–water partition coefficient (Wildman–Crippen LogP) is 3.58. The number of hydrogen-bond donors (Lipinski definition) is 1. The van der Waals surface area contributed by atoms with E-state index in [9.17, 15) is 4.79 Å². The lowest BCUT2D eigenvalue weighted by molar-refractivity contribution is 0.0657. The summed E-state index contributed by atoms with van der Waals surface area (Å²) in [6.07, 6.45) is 1.53. The average molecular weight is 560 g/mol. The number of rotatable bonds is 6. The topological polar surface area (TPSA) is 64.3 Å². The van der Waals surface area contributed by atoms with Gasteiger partial charge in [-0.2, -0.15) is 0 Å². The molecule has 1 unspecified atom stereocenters. The van der Waals surface area contributed by atoms with Crippen molar-refractivity contribution in [1.82, 2.24) is 20.0 Å². The first-order valence-electron chi connectivity index (χ1n) is 10.3. The Morgan fingerprint density at radius 1 is 1.16 bits per heavy atom. The Labute approximate surface area is 206 Å². The number of piperazine rings is 1. The molecule has 0 spiro atoms. The number of guanidine groups is 1. The molecule has 1 aliphatic heterocycles. The van der Waals surface area contributed by atoms with Crippen molar-refractivity contribution in [3.8, 4) is 0 Å². The van der Waals surface area contributed by atoms with Crippen LogP contribution in [-0.4, -0.2) is 79.9 Å². The number of hydrogen-bond acceptors (Lipinski definition) is 4. The molecule has 0 saturated carbocycles. The van der Waals surface area contributed by atoms with Crippen molar-refractivity contribution in [1.29, 1.82) is 0 Å². The number of nitrogens with one attached hydrogen (secondary N) is 1. The molecule has 0 bridgehead atoms. The van der Waals surface area contributed by atoms with Crippen molar-refractivity contribution < 1.29 is 9.21 Å². The molecular weight excluding hydrogens is 529 g/mol. The molecule has 9 heteroatoms. The highest BCUT2D eigenvalue weighted by Crippen LogP contribution is 2.21. The summed E-state index contributed by atoms with van der Waals surface area (Å²) in [5.41, 5.74) is 1.18. The number of carbonyl (C=O) groups is 1. The van der Waals surface area contributed by atoms with Crippen LogP contribution in [0.2, 0.25) is 5.02 Å². The maximum absolute atomic E-state index is 12.5.